The minimum atomic E-state index is -1.30. The molecule has 4 heteroatoms. The zero-order valence-electron chi connectivity index (χ0n) is 6.03. The van der Waals surface area contributed by atoms with Crippen LogP contribution in [0.4, 0.5) is 4.39 Å². The molecule has 0 atom stereocenters. The lowest BCUT2D eigenvalue weighted by molar-refractivity contribution is -0.297. The van der Waals surface area contributed by atoms with Gasteiger partial charge >= 0.3 is 0 Å². The van der Waals surface area contributed by atoms with Crippen LogP contribution >= 0.6 is 0 Å². The van der Waals surface area contributed by atoms with Crippen LogP contribution in [-0.4, -0.2) is 11.0 Å². The van der Waals surface area contributed by atoms with Gasteiger partial charge in [-0.05, 0) is 24.3 Å². The fourth-order valence-electron chi connectivity index (χ4n) is 0.639. The number of halogens is 1. The predicted octanol–water partition coefficient (Wildman–Crippen LogP) is -0.0162. The molecule has 0 bridgehead atoms. The van der Waals surface area contributed by atoms with E-state index in [0.717, 1.165) is 12.3 Å². The second kappa shape index (κ2) is 3.61. The number of hydrogen-bond donors (Lipinski definition) is 0. The average molecular weight is 166 g/mol. The summed E-state index contributed by atoms with van der Waals surface area (Å²) in [6.45, 7) is 0. The SMILES string of the molecule is O=C([O-])/C=C\c1ccc(F)cn1. The summed E-state index contributed by atoms with van der Waals surface area (Å²) in [5.41, 5.74) is 0.376. The minimum Gasteiger partial charge on any atom is -0.545 e. The molecule has 0 spiro atoms. The summed E-state index contributed by atoms with van der Waals surface area (Å²) in [7, 11) is 0. The van der Waals surface area contributed by atoms with Crippen molar-refractivity contribution in [2.75, 3.05) is 0 Å². The first-order valence-electron chi connectivity index (χ1n) is 3.19. The van der Waals surface area contributed by atoms with Crippen molar-refractivity contribution in [1.29, 1.82) is 0 Å². The Morgan fingerprint density at radius 2 is 2.33 bits per heavy atom. The smallest absolute Gasteiger partial charge is 0.141 e. The molecule has 0 aliphatic rings. The van der Waals surface area contributed by atoms with Crippen molar-refractivity contribution >= 4 is 12.0 Å². The third kappa shape index (κ3) is 2.49. The molecule has 1 heterocycles. The number of carbonyl (C=O) groups is 1. The predicted molar refractivity (Wildman–Crippen MR) is 38.2 cm³/mol. The minimum absolute atomic E-state index is 0.376. The highest BCUT2D eigenvalue weighted by atomic mass is 19.1. The lowest BCUT2D eigenvalue weighted by Gasteiger charge is -1.92. The van der Waals surface area contributed by atoms with Crippen LogP contribution in [-0.2, 0) is 4.79 Å². The van der Waals surface area contributed by atoms with Crippen molar-refractivity contribution in [2.24, 2.45) is 0 Å². The number of aliphatic carboxylic acids is 1. The molecular weight excluding hydrogens is 161 g/mol. The van der Waals surface area contributed by atoms with Crippen LogP contribution in [0.15, 0.2) is 24.4 Å². The standard InChI is InChI=1S/C8H6FNO2/c9-6-1-2-7(10-5-6)3-4-8(11)12/h1-5H,(H,11,12)/p-1/b4-3-. The highest BCUT2D eigenvalue weighted by Crippen LogP contribution is 1.99. The quantitative estimate of drug-likeness (QED) is 0.580. The first-order chi connectivity index (χ1) is 5.68. The molecule has 0 fully saturated rings. The highest BCUT2D eigenvalue weighted by Gasteiger charge is 1.89. The van der Waals surface area contributed by atoms with Crippen molar-refractivity contribution in [3.8, 4) is 0 Å². The van der Waals surface area contributed by atoms with E-state index in [1.165, 1.54) is 18.2 Å². The van der Waals surface area contributed by atoms with Gasteiger partial charge in [-0.2, -0.15) is 0 Å². The molecule has 1 aromatic rings. The fraction of sp³-hybridized carbons (Fsp3) is 0. The Balaban J connectivity index is 2.77. The van der Waals surface area contributed by atoms with Crippen LogP contribution in [0.5, 0.6) is 0 Å². The van der Waals surface area contributed by atoms with Gasteiger partial charge < -0.3 is 9.90 Å². The third-order valence-corrected chi connectivity index (χ3v) is 1.14. The van der Waals surface area contributed by atoms with E-state index < -0.39 is 11.8 Å². The third-order valence-electron chi connectivity index (χ3n) is 1.14. The Kier molecular flexibility index (Phi) is 2.53. The molecular formula is C8H5FNO2-. The maximum absolute atomic E-state index is 12.3. The normalized spacial score (nSPS) is 10.4. The molecule has 62 valence electrons. The molecule has 0 N–H and O–H groups in total. The zero-order chi connectivity index (χ0) is 8.97. The maximum Gasteiger partial charge on any atom is 0.141 e. The van der Waals surface area contributed by atoms with Crippen LogP contribution in [0.25, 0.3) is 6.08 Å². The van der Waals surface area contributed by atoms with Gasteiger partial charge in [0.05, 0.1) is 17.9 Å². The van der Waals surface area contributed by atoms with E-state index in [0.29, 0.717) is 5.69 Å². The summed E-state index contributed by atoms with van der Waals surface area (Å²) in [4.78, 5) is 13.5. The first-order valence-corrected chi connectivity index (χ1v) is 3.19. The summed E-state index contributed by atoms with van der Waals surface area (Å²) in [6.07, 6.45) is 3.07. The van der Waals surface area contributed by atoms with E-state index in [9.17, 15) is 14.3 Å². The Bertz CT molecular complexity index is 305. The van der Waals surface area contributed by atoms with Crippen LogP contribution in [0, 0.1) is 5.82 Å². The summed E-state index contributed by atoms with van der Waals surface area (Å²) in [5, 5.41) is 9.94. The molecule has 0 radical (unpaired) electrons. The van der Waals surface area contributed by atoms with E-state index in [4.69, 9.17) is 0 Å². The fourth-order valence-corrected chi connectivity index (χ4v) is 0.639. The van der Waals surface area contributed by atoms with Crippen LogP contribution in [0.3, 0.4) is 0 Å². The Hall–Kier alpha value is -1.71. The molecule has 0 aliphatic heterocycles. The number of aromatic nitrogens is 1. The second-order valence-electron chi connectivity index (χ2n) is 2.05. The number of carbonyl (C=O) groups excluding carboxylic acids is 1. The highest BCUT2D eigenvalue weighted by molar-refractivity contribution is 5.83. The molecule has 1 rings (SSSR count). The maximum atomic E-state index is 12.3. The topological polar surface area (TPSA) is 53.0 Å². The molecule has 0 amide bonds. The number of carboxylic acids is 1. The molecule has 0 aliphatic carbocycles. The van der Waals surface area contributed by atoms with Gasteiger partial charge in [0, 0.05) is 0 Å². The lowest BCUT2D eigenvalue weighted by atomic mass is 10.3. The van der Waals surface area contributed by atoms with Crippen molar-refractivity contribution in [2.45, 2.75) is 0 Å². The molecule has 0 aromatic carbocycles. The van der Waals surface area contributed by atoms with E-state index in [1.807, 2.05) is 0 Å². The molecule has 0 unspecified atom stereocenters. The lowest BCUT2D eigenvalue weighted by Crippen LogP contribution is -2.18. The number of rotatable bonds is 2. The summed E-state index contributed by atoms with van der Waals surface area (Å²) in [6, 6.07) is 2.57. The second-order valence-corrected chi connectivity index (χ2v) is 2.05. The van der Waals surface area contributed by atoms with Gasteiger partial charge in [-0.3, -0.25) is 4.98 Å². The molecule has 0 saturated carbocycles. The largest absolute Gasteiger partial charge is 0.545 e. The monoisotopic (exact) mass is 166 g/mol. The Morgan fingerprint density at radius 1 is 1.58 bits per heavy atom. The van der Waals surface area contributed by atoms with E-state index in [1.54, 1.807) is 0 Å². The van der Waals surface area contributed by atoms with Crippen molar-refractivity contribution in [3.05, 3.63) is 35.9 Å². The zero-order valence-corrected chi connectivity index (χ0v) is 6.03. The molecule has 1 aromatic heterocycles. The van der Waals surface area contributed by atoms with Gasteiger partial charge in [-0.25, -0.2) is 4.39 Å². The van der Waals surface area contributed by atoms with E-state index in [2.05, 4.69) is 4.98 Å². The van der Waals surface area contributed by atoms with Gasteiger partial charge in [0.2, 0.25) is 0 Å². The number of hydrogen-bond acceptors (Lipinski definition) is 3. The molecule has 0 saturated heterocycles. The van der Waals surface area contributed by atoms with Gasteiger partial charge in [-0.15, -0.1) is 0 Å². The van der Waals surface area contributed by atoms with Gasteiger partial charge in [-0.1, -0.05) is 0 Å². The Morgan fingerprint density at radius 3 is 2.83 bits per heavy atom. The van der Waals surface area contributed by atoms with Crippen LogP contribution in [0.2, 0.25) is 0 Å². The van der Waals surface area contributed by atoms with Gasteiger partial charge in [0.25, 0.3) is 0 Å². The first kappa shape index (κ1) is 8.39. The van der Waals surface area contributed by atoms with E-state index in [-0.39, 0.29) is 0 Å². The van der Waals surface area contributed by atoms with E-state index >= 15 is 0 Å². The number of carboxylic acid groups (broad SMARTS) is 1. The van der Waals surface area contributed by atoms with Crippen molar-refractivity contribution in [1.82, 2.24) is 4.98 Å². The average Bonchev–Trinajstić information content (AvgIpc) is 2.03. The summed E-state index contributed by atoms with van der Waals surface area (Å²) in [5.74, 6) is -1.76. The van der Waals surface area contributed by atoms with Gasteiger partial charge in [0.1, 0.15) is 5.82 Å². The summed E-state index contributed by atoms with van der Waals surface area (Å²) < 4.78 is 12.3. The molecule has 3 nitrogen and oxygen atoms in total. The number of pyridine rings is 1. The van der Waals surface area contributed by atoms with Crippen LogP contribution in [0.1, 0.15) is 5.69 Å². The van der Waals surface area contributed by atoms with Crippen molar-refractivity contribution in [3.63, 3.8) is 0 Å². The van der Waals surface area contributed by atoms with Crippen molar-refractivity contribution < 1.29 is 14.3 Å². The van der Waals surface area contributed by atoms with Crippen LogP contribution < -0.4 is 5.11 Å². The Labute approximate surface area is 68.2 Å². The number of nitrogens with zero attached hydrogens (tertiary/aromatic N) is 1. The van der Waals surface area contributed by atoms with Gasteiger partial charge in [0.15, 0.2) is 0 Å². The summed E-state index contributed by atoms with van der Waals surface area (Å²) >= 11 is 0. The molecule has 12 heavy (non-hydrogen) atoms.